The molecule has 0 aliphatic heterocycles. The van der Waals surface area contributed by atoms with Crippen molar-refractivity contribution in [2.75, 3.05) is 6.54 Å². The van der Waals surface area contributed by atoms with Crippen molar-refractivity contribution < 1.29 is 4.79 Å². The van der Waals surface area contributed by atoms with Crippen molar-refractivity contribution in [1.82, 2.24) is 15.3 Å². The Labute approximate surface area is 112 Å². The second kappa shape index (κ2) is 5.06. The maximum absolute atomic E-state index is 12.2. The van der Waals surface area contributed by atoms with Gasteiger partial charge in [-0.05, 0) is 18.8 Å². The lowest BCUT2D eigenvalue weighted by Crippen LogP contribution is -2.56. The zero-order chi connectivity index (χ0) is 13.2. The topological polar surface area (TPSA) is 83.8 Å². The van der Waals surface area contributed by atoms with Gasteiger partial charge >= 0.3 is 0 Å². The summed E-state index contributed by atoms with van der Waals surface area (Å²) in [4.78, 5) is 19.4. The number of carbonyl (C=O) groups excluding carboxylic acids is 1. The molecular weight excluding hydrogens is 248 g/mol. The van der Waals surface area contributed by atoms with Gasteiger partial charge in [0.1, 0.15) is 0 Å². The van der Waals surface area contributed by atoms with Crippen molar-refractivity contribution in [3.63, 3.8) is 0 Å². The fourth-order valence-corrected chi connectivity index (χ4v) is 2.79. The number of thiocarbonyl (C=S) groups is 1. The van der Waals surface area contributed by atoms with E-state index in [1.807, 2.05) is 0 Å². The molecule has 1 saturated carbocycles. The van der Waals surface area contributed by atoms with E-state index in [2.05, 4.69) is 22.2 Å². The zero-order valence-electron chi connectivity index (χ0n) is 10.4. The molecule has 0 saturated heterocycles. The average molecular weight is 266 g/mol. The van der Waals surface area contributed by atoms with Gasteiger partial charge in [0.25, 0.3) is 0 Å². The number of carbonyl (C=O) groups is 1. The van der Waals surface area contributed by atoms with Gasteiger partial charge in [-0.25, -0.2) is 4.98 Å². The third-order valence-corrected chi connectivity index (χ3v) is 3.93. The Morgan fingerprint density at radius 3 is 2.94 bits per heavy atom. The maximum atomic E-state index is 12.2. The lowest BCUT2D eigenvalue weighted by atomic mass is 9.62. The smallest absolute Gasteiger partial charge is 0.233 e. The highest BCUT2D eigenvalue weighted by Gasteiger charge is 2.50. The molecule has 1 heterocycles. The Balaban J connectivity index is 1.85. The number of hydrogen-bond acceptors (Lipinski definition) is 3. The largest absolute Gasteiger partial charge is 0.392 e. The number of nitrogens with one attached hydrogen (secondary N) is 2. The molecule has 18 heavy (non-hydrogen) atoms. The van der Waals surface area contributed by atoms with Gasteiger partial charge in [-0.3, -0.25) is 4.79 Å². The van der Waals surface area contributed by atoms with E-state index >= 15 is 0 Å². The Morgan fingerprint density at radius 1 is 1.72 bits per heavy atom. The van der Waals surface area contributed by atoms with Crippen molar-refractivity contribution in [2.45, 2.75) is 26.2 Å². The summed E-state index contributed by atoms with van der Waals surface area (Å²) >= 11 is 5.04. The molecule has 1 aliphatic carbocycles. The summed E-state index contributed by atoms with van der Waals surface area (Å²) < 4.78 is 0. The minimum Gasteiger partial charge on any atom is -0.392 e. The maximum Gasteiger partial charge on any atom is 0.233 e. The second-order valence-electron chi connectivity index (χ2n) is 5.04. The molecule has 1 amide bonds. The molecule has 0 spiro atoms. The van der Waals surface area contributed by atoms with Crippen molar-refractivity contribution in [3.8, 4) is 0 Å². The number of rotatable bonds is 5. The van der Waals surface area contributed by atoms with Crippen molar-refractivity contribution in [1.29, 1.82) is 0 Å². The van der Waals surface area contributed by atoms with Gasteiger partial charge in [0.15, 0.2) is 0 Å². The van der Waals surface area contributed by atoms with E-state index in [1.165, 1.54) is 0 Å². The fourth-order valence-electron chi connectivity index (χ4n) is 2.53. The molecular formula is C12H18N4OS. The van der Waals surface area contributed by atoms with Crippen LogP contribution in [0.25, 0.3) is 0 Å². The Morgan fingerprint density at radius 2 is 2.44 bits per heavy atom. The first-order valence-electron chi connectivity index (χ1n) is 6.10. The molecule has 5 nitrogen and oxygen atoms in total. The van der Waals surface area contributed by atoms with Crippen molar-refractivity contribution in [2.24, 2.45) is 17.1 Å². The highest BCUT2D eigenvalue weighted by atomic mass is 32.1. The van der Waals surface area contributed by atoms with Gasteiger partial charge < -0.3 is 16.0 Å². The van der Waals surface area contributed by atoms with E-state index in [1.54, 1.807) is 12.5 Å². The normalized spacial score (nSPS) is 26.4. The Kier molecular flexibility index (Phi) is 3.65. The standard InChI is InChI=1S/C12H18N4OS/c1-8-4-12(5-8,10(13)18)11(17)15-3-2-9-6-14-7-16-9/h6-8H,2-5H2,1H3,(H2,13,18)(H,14,16)(H,15,17). The molecule has 1 aromatic heterocycles. The molecule has 98 valence electrons. The number of imidazole rings is 1. The molecule has 0 bridgehead atoms. The van der Waals surface area contributed by atoms with Crippen LogP contribution >= 0.6 is 12.2 Å². The SMILES string of the molecule is CC1CC(C(=O)NCCc2cnc[nH]2)(C(N)=S)C1. The predicted octanol–water partition coefficient (Wildman–Crippen LogP) is 0.771. The fraction of sp³-hybridized carbons (Fsp3) is 0.583. The van der Waals surface area contributed by atoms with Crippen LogP contribution < -0.4 is 11.1 Å². The summed E-state index contributed by atoms with van der Waals surface area (Å²) in [6.45, 7) is 2.67. The molecule has 0 atom stereocenters. The number of H-pyrrole nitrogens is 1. The van der Waals surface area contributed by atoms with Crippen LogP contribution in [0.4, 0.5) is 0 Å². The van der Waals surface area contributed by atoms with Gasteiger partial charge in [-0.1, -0.05) is 19.1 Å². The van der Waals surface area contributed by atoms with E-state index in [4.69, 9.17) is 18.0 Å². The van der Waals surface area contributed by atoms with Gasteiger partial charge in [0.2, 0.25) is 5.91 Å². The van der Waals surface area contributed by atoms with E-state index in [9.17, 15) is 4.79 Å². The molecule has 1 aromatic rings. The molecule has 0 radical (unpaired) electrons. The third-order valence-electron chi connectivity index (χ3n) is 3.53. The summed E-state index contributed by atoms with van der Waals surface area (Å²) in [7, 11) is 0. The monoisotopic (exact) mass is 266 g/mol. The summed E-state index contributed by atoms with van der Waals surface area (Å²) in [6.07, 6.45) is 5.63. The number of aromatic amines is 1. The van der Waals surface area contributed by atoms with Gasteiger partial charge in [-0.15, -0.1) is 0 Å². The third kappa shape index (κ3) is 2.38. The number of nitrogens with zero attached hydrogens (tertiary/aromatic N) is 1. The van der Waals surface area contributed by atoms with Crippen LogP contribution in [0, 0.1) is 11.3 Å². The van der Waals surface area contributed by atoms with Crippen LogP contribution in [0.3, 0.4) is 0 Å². The molecule has 0 unspecified atom stereocenters. The summed E-state index contributed by atoms with van der Waals surface area (Å²) in [5, 5.41) is 2.91. The van der Waals surface area contributed by atoms with E-state index in [-0.39, 0.29) is 5.91 Å². The van der Waals surface area contributed by atoms with Crippen LogP contribution in [0.15, 0.2) is 12.5 Å². The van der Waals surface area contributed by atoms with Gasteiger partial charge in [-0.2, -0.15) is 0 Å². The molecule has 1 aliphatic rings. The summed E-state index contributed by atoms with van der Waals surface area (Å²) in [5.41, 5.74) is 6.11. The first-order valence-corrected chi connectivity index (χ1v) is 6.51. The quantitative estimate of drug-likeness (QED) is 0.687. The summed E-state index contributed by atoms with van der Waals surface area (Å²) in [5.74, 6) is 0.484. The highest BCUT2D eigenvalue weighted by Crippen LogP contribution is 2.45. The molecule has 2 rings (SSSR count). The first-order chi connectivity index (χ1) is 8.54. The minimum absolute atomic E-state index is 0.0346. The number of aromatic nitrogens is 2. The Bertz CT molecular complexity index is 437. The molecule has 0 aromatic carbocycles. The van der Waals surface area contributed by atoms with E-state index in [0.29, 0.717) is 17.5 Å². The van der Waals surface area contributed by atoms with Crippen LogP contribution in [0.1, 0.15) is 25.5 Å². The minimum atomic E-state index is -0.608. The van der Waals surface area contributed by atoms with Crippen molar-refractivity contribution in [3.05, 3.63) is 18.2 Å². The molecule has 1 fully saturated rings. The molecule has 6 heteroatoms. The number of amides is 1. The zero-order valence-corrected chi connectivity index (χ0v) is 11.2. The highest BCUT2D eigenvalue weighted by molar-refractivity contribution is 7.80. The number of nitrogens with two attached hydrogens (primary N) is 1. The second-order valence-corrected chi connectivity index (χ2v) is 5.48. The number of hydrogen-bond donors (Lipinski definition) is 3. The average Bonchev–Trinajstić information content (AvgIpc) is 2.76. The van der Waals surface area contributed by atoms with Gasteiger partial charge in [0.05, 0.1) is 16.7 Å². The van der Waals surface area contributed by atoms with Crippen LogP contribution in [0.2, 0.25) is 0 Å². The Hall–Kier alpha value is -1.43. The summed E-state index contributed by atoms with van der Waals surface area (Å²) in [6, 6.07) is 0. The van der Waals surface area contributed by atoms with E-state index < -0.39 is 5.41 Å². The van der Waals surface area contributed by atoms with Gasteiger partial charge in [0, 0.05) is 24.9 Å². The van der Waals surface area contributed by atoms with Crippen LogP contribution in [-0.2, 0) is 11.2 Å². The lowest BCUT2D eigenvalue weighted by molar-refractivity contribution is -0.132. The predicted molar refractivity (Wildman–Crippen MR) is 72.9 cm³/mol. The van der Waals surface area contributed by atoms with Crippen LogP contribution in [-0.4, -0.2) is 27.4 Å². The molecule has 4 N–H and O–H groups in total. The van der Waals surface area contributed by atoms with Crippen LogP contribution in [0.5, 0.6) is 0 Å². The first kappa shape index (κ1) is 13.0. The van der Waals surface area contributed by atoms with Crippen molar-refractivity contribution >= 4 is 23.1 Å². The van der Waals surface area contributed by atoms with E-state index in [0.717, 1.165) is 25.0 Å². The lowest BCUT2D eigenvalue weighted by Gasteiger charge is -2.44.